The zero-order valence-corrected chi connectivity index (χ0v) is 13.2. The summed E-state index contributed by atoms with van der Waals surface area (Å²) < 4.78 is 15.9. The zero-order valence-electron chi connectivity index (χ0n) is 13.2. The van der Waals surface area contributed by atoms with Crippen LogP contribution >= 0.6 is 0 Å². The smallest absolute Gasteiger partial charge is 0.158 e. The maximum absolute atomic E-state index is 13.7. The van der Waals surface area contributed by atoms with Gasteiger partial charge in [0, 0.05) is 5.56 Å². The molecule has 1 unspecified atom stereocenters. The Balaban J connectivity index is 1.81. The van der Waals surface area contributed by atoms with Crippen LogP contribution in [0.5, 0.6) is 0 Å². The highest BCUT2D eigenvalue weighted by Gasteiger charge is 2.11. The van der Waals surface area contributed by atoms with Crippen LogP contribution in [0.1, 0.15) is 16.7 Å². The molecule has 0 spiro atoms. The molecule has 4 heteroatoms. The van der Waals surface area contributed by atoms with Crippen molar-refractivity contribution in [3.63, 3.8) is 0 Å². The van der Waals surface area contributed by atoms with E-state index in [2.05, 4.69) is 42.6 Å². The summed E-state index contributed by atoms with van der Waals surface area (Å²) in [6, 6.07) is 11.3. The topological polar surface area (TPSA) is 22.3 Å². The fraction of sp³-hybridized carbons (Fsp3) is 0.278. The van der Waals surface area contributed by atoms with Crippen LogP contribution < -0.4 is 4.90 Å². The zero-order chi connectivity index (χ0) is 15.7. The third kappa shape index (κ3) is 2.88. The molecule has 3 nitrogen and oxygen atoms in total. The Kier molecular flexibility index (Phi) is 3.94. The molecular weight excluding hydrogens is 277 g/mol. The second kappa shape index (κ2) is 5.89. The van der Waals surface area contributed by atoms with E-state index in [0.29, 0.717) is 6.54 Å². The second-order valence-electron chi connectivity index (χ2n) is 6.02. The second-order valence-corrected chi connectivity index (χ2v) is 6.02. The number of imidazole rings is 1. The summed E-state index contributed by atoms with van der Waals surface area (Å²) in [5.41, 5.74) is 5.42. The van der Waals surface area contributed by atoms with Gasteiger partial charge in [0.2, 0.25) is 0 Å². The molecule has 0 aliphatic rings. The Hall–Kier alpha value is -2.20. The normalized spacial score (nSPS) is 12.7. The number of fused-ring (bicyclic) bond motifs is 1. The van der Waals surface area contributed by atoms with Crippen molar-refractivity contribution in [2.24, 2.45) is 0 Å². The molecule has 2 aromatic carbocycles. The number of halogens is 1. The maximum Gasteiger partial charge on any atom is 0.158 e. The lowest BCUT2D eigenvalue weighted by molar-refractivity contribution is -0.916. The van der Waals surface area contributed by atoms with Crippen LogP contribution in [0.25, 0.3) is 11.0 Å². The number of aryl methyl sites for hydroxylation is 2. The highest BCUT2D eigenvalue weighted by atomic mass is 19.1. The molecule has 0 bridgehead atoms. The van der Waals surface area contributed by atoms with Crippen molar-refractivity contribution in [3.8, 4) is 0 Å². The Morgan fingerprint density at radius 2 is 1.86 bits per heavy atom. The number of nitrogens with one attached hydrogen (secondary N) is 1. The van der Waals surface area contributed by atoms with E-state index in [9.17, 15) is 4.39 Å². The Morgan fingerprint density at radius 1 is 1.14 bits per heavy atom. The Labute approximate surface area is 130 Å². The largest absolute Gasteiger partial charge is 0.316 e. The SMILES string of the molecule is Cc1cc2ncn(C[NH+](C)Cc3ccccc3F)c2cc1C. The van der Waals surface area contributed by atoms with E-state index >= 15 is 0 Å². The lowest BCUT2D eigenvalue weighted by Gasteiger charge is -2.15. The first-order valence-electron chi connectivity index (χ1n) is 7.51. The Morgan fingerprint density at radius 3 is 2.64 bits per heavy atom. The molecule has 114 valence electrons. The van der Waals surface area contributed by atoms with Crippen LogP contribution in [-0.2, 0) is 13.2 Å². The summed E-state index contributed by atoms with van der Waals surface area (Å²) in [6.45, 7) is 5.62. The van der Waals surface area contributed by atoms with Gasteiger partial charge in [-0.3, -0.25) is 4.57 Å². The van der Waals surface area contributed by atoms with Crippen LogP contribution in [0.3, 0.4) is 0 Å². The van der Waals surface area contributed by atoms with Crippen molar-refractivity contribution < 1.29 is 9.29 Å². The molecule has 0 amide bonds. The lowest BCUT2D eigenvalue weighted by atomic mass is 10.1. The van der Waals surface area contributed by atoms with Crippen molar-refractivity contribution >= 4 is 11.0 Å². The maximum atomic E-state index is 13.7. The molecule has 0 saturated heterocycles. The molecule has 3 rings (SSSR count). The first kappa shape index (κ1) is 14.7. The van der Waals surface area contributed by atoms with Crippen LogP contribution in [-0.4, -0.2) is 16.6 Å². The van der Waals surface area contributed by atoms with E-state index in [1.54, 1.807) is 6.07 Å². The average Bonchev–Trinajstić information content (AvgIpc) is 2.84. The van der Waals surface area contributed by atoms with E-state index in [-0.39, 0.29) is 5.82 Å². The van der Waals surface area contributed by atoms with Gasteiger partial charge < -0.3 is 4.90 Å². The van der Waals surface area contributed by atoms with E-state index < -0.39 is 0 Å². The van der Waals surface area contributed by atoms with Gasteiger partial charge in [0.05, 0.1) is 18.1 Å². The third-order valence-corrected chi connectivity index (χ3v) is 4.13. The Bertz CT molecular complexity index is 807. The van der Waals surface area contributed by atoms with Gasteiger partial charge in [0.15, 0.2) is 6.67 Å². The molecule has 0 radical (unpaired) electrons. The molecule has 1 aromatic heterocycles. The van der Waals surface area contributed by atoms with Crippen LogP contribution in [0.15, 0.2) is 42.7 Å². The van der Waals surface area contributed by atoms with Gasteiger partial charge in [-0.1, -0.05) is 18.2 Å². The monoisotopic (exact) mass is 298 g/mol. The number of hydrogen-bond acceptors (Lipinski definition) is 1. The molecule has 1 heterocycles. The first-order valence-corrected chi connectivity index (χ1v) is 7.51. The number of benzene rings is 2. The molecule has 22 heavy (non-hydrogen) atoms. The summed E-state index contributed by atoms with van der Waals surface area (Å²) in [5, 5.41) is 0. The van der Waals surface area contributed by atoms with Gasteiger partial charge in [-0.05, 0) is 43.2 Å². The average molecular weight is 298 g/mol. The summed E-state index contributed by atoms with van der Waals surface area (Å²) in [4.78, 5) is 5.68. The predicted molar refractivity (Wildman–Crippen MR) is 86.2 cm³/mol. The molecule has 1 N–H and O–H groups in total. The van der Waals surface area contributed by atoms with Gasteiger partial charge in [-0.25, -0.2) is 9.37 Å². The van der Waals surface area contributed by atoms with Crippen molar-refractivity contribution in [1.82, 2.24) is 9.55 Å². The minimum atomic E-state index is -0.135. The highest BCUT2D eigenvalue weighted by Crippen LogP contribution is 2.17. The van der Waals surface area contributed by atoms with Crippen molar-refractivity contribution in [1.29, 1.82) is 0 Å². The van der Waals surface area contributed by atoms with Crippen molar-refractivity contribution in [2.45, 2.75) is 27.1 Å². The third-order valence-electron chi connectivity index (χ3n) is 4.13. The molecular formula is C18H21FN3+. The minimum Gasteiger partial charge on any atom is -0.316 e. The summed E-state index contributed by atoms with van der Waals surface area (Å²) in [5.74, 6) is -0.135. The van der Waals surface area contributed by atoms with Gasteiger partial charge in [-0.2, -0.15) is 0 Å². The lowest BCUT2D eigenvalue weighted by Crippen LogP contribution is -3.06. The van der Waals surface area contributed by atoms with Gasteiger partial charge in [0.1, 0.15) is 18.7 Å². The molecule has 0 saturated carbocycles. The van der Waals surface area contributed by atoms with E-state index in [1.807, 2.05) is 18.5 Å². The van der Waals surface area contributed by atoms with Crippen molar-refractivity contribution in [3.05, 3.63) is 65.2 Å². The quantitative estimate of drug-likeness (QED) is 0.785. The van der Waals surface area contributed by atoms with Gasteiger partial charge in [0.25, 0.3) is 0 Å². The fourth-order valence-electron chi connectivity index (χ4n) is 2.75. The van der Waals surface area contributed by atoms with Crippen LogP contribution in [0, 0.1) is 19.7 Å². The molecule has 1 atom stereocenters. The summed E-state index contributed by atoms with van der Waals surface area (Å²) >= 11 is 0. The number of nitrogens with zero attached hydrogens (tertiary/aromatic N) is 2. The minimum absolute atomic E-state index is 0.135. The van der Waals surface area contributed by atoms with E-state index in [4.69, 9.17) is 0 Å². The number of aromatic nitrogens is 2. The molecule has 0 aliphatic carbocycles. The highest BCUT2D eigenvalue weighted by molar-refractivity contribution is 5.77. The number of hydrogen-bond donors (Lipinski definition) is 1. The van der Waals surface area contributed by atoms with Crippen LogP contribution in [0.4, 0.5) is 4.39 Å². The van der Waals surface area contributed by atoms with Gasteiger partial charge in [-0.15, -0.1) is 0 Å². The molecule has 3 aromatic rings. The summed E-state index contributed by atoms with van der Waals surface area (Å²) in [7, 11) is 2.07. The molecule has 0 fully saturated rings. The predicted octanol–water partition coefficient (Wildman–Crippen LogP) is 2.46. The van der Waals surface area contributed by atoms with Gasteiger partial charge >= 0.3 is 0 Å². The van der Waals surface area contributed by atoms with Crippen molar-refractivity contribution in [2.75, 3.05) is 7.05 Å². The molecule has 0 aliphatic heterocycles. The number of rotatable bonds is 4. The number of quaternary nitrogens is 1. The van der Waals surface area contributed by atoms with E-state index in [1.165, 1.54) is 22.1 Å². The first-order chi connectivity index (χ1) is 10.5. The van der Waals surface area contributed by atoms with Crippen LogP contribution in [0.2, 0.25) is 0 Å². The summed E-state index contributed by atoms with van der Waals surface area (Å²) in [6.07, 6.45) is 1.87. The standard InChI is InChI=1S/C18H20FN3/c1-13-8-17-18(9-14(13)2)22(11-20-17)12-21(3)10-15-6-4-5-7-16(15)19/h4-9,11H,10,12H2,1-3H3/p+1. The van der Waals surface area contributed by atoms with E-state index in [0.717, 1.165) is 23.3 Å². The fourth-order valence-corrected chi connectivity index (χ4v) is 2.75.